The van der Waals surface area contributed by atoms with E-state index in [9.17, 15) is 19.2 Å². The number of cyclic esters (lactones) is 1. The second-order valence-electron chi connectivity index (χ2n) is 10.9. The zero-order chi connectivity index (χ0) is 31.8. The number of carbonyl (C=O) groups excluding carboxylic acids is 4. The Hall–Kier alpha value is -4.10. The van der Waals surface area contributed by atoms with Crippen molar-refractivity contribution in [1.29, 1.82) is 0 Å². The minimum atomic E-state index is -0.530. The summed E-state index contributed by atoms with van der Waals surface area (Å²) in [6.45, 7) is 6.46. The van der Waals surface area contributed by atoms with E-state index in [1.54, 1.807) is 48.2 Å². The third-order valence-corrected chi connectivity index (χ3v) is 8.25. The third-order valence-electron chi connectivity index (χ3n) is 7.82. The van der Waals surface area contributed by atoms with E-state index in [1.807, 2.05) is 11.8 Å². The summed E-state index contributed by atoms with van der Waals surface area (Å²) in [5.41, 5.74) is 7.49. The number of thiocarbonyl (C=S) groups is 1. The van der Waals surface area contributed by atoms with E-state index in [2.05, 4.69) is 10.6 Å². The molecule has 2 heterocycles. The number of piperazine rings is 1. The van der Waals surface area contributed by atoms with Crippen LogP contribution in [-0.2, 0) is 20.9 Å². The Morgan fingerprint density at radius 3 is 2.43 bits per heavy atom. The van der Waals surface area contributed by atoms with Crippen LogP contribution in [0.25, 0.3) is 0 Å². The summed E-state index contributed by atoms with van der Waals surface area (Å²) in [5, 5.41) is 6.07. The first-order valence-electron chi connectivity index (χ1n) is 14.8. The maximum atomic E-state index is 15.2. The number of anilines is 2. The predicted octanol–water partition coefficient (Wildman–Crippen LogP) is 2.75. The molecule has 1 unspecified atom stereocenters. The maximum absolute atomic E-state index is 15.2. The van der Waals surface area contributed by atoms with Gasteiger partial charge >= 0.3 is 6.09 Å². The Morgan fingerprint density at radius 1 is 1.09 bits per heavy atom. The van der Waals surface area contributed by atoms with E-state index in [4.69, 9.17) is 22.7 Å². The van der Waals surface area contributed by atoms with Gasteiger partial charge in [0.25, 0.3) is 0 Å². The molecule has 11 nitrogen and oxygen atoms in total. The van der Waals surface area contributed by atoms with Crippen LogP contribution in [0, 0.1) is 5.82 Å². The second kappa shape index (κ2) is 15.1. The molecule has 2 aliphatic rings. The molecule has 0 aromatic heterocycles. The normalized spacial score (nSPS) is 17.3. The van der Waals surface area contributed by atoms with Gasteiger partial charge in [-0.05, 0) is 37.1 Å². The van der Waals surface area contributed by atoms with Crippen LogP contribution in [0.2, 0.25) is 0 Å². The molecule has 0 aliphatic carbocycles. The standard InChI is InChI=1S/C31H39FN6O5S/c1-3-28(44)35-18-24-19-38(31(42)43-24)23-8-9-26(25(32)16-23)36-12-14-37(15-13-36)29(40)11-10-27(39)22-6-4-21(5-7-22)17-34-20(2)30(33)41/h4-9,16,20,24,34H,3,10-15,17-19H2,1-2H3,(H2,33,41)(H,35,44)/t20?,24-/m0/s1. The highest BCUT2D eigenvalue weighted by Gasteiger charge is 2.33. The number of hydrogen-bond acceptors (Lipinski definition) is 8. The van der Waals surface area contributed by atoms with Crippen molar-refractivity contribution in [1.82, 2.24) is 15.5 Å². The lowest BCUT2D eigenvalue weighted by molar-refractivity contribution is -0.131. The van der Waals surface area contributed by atoms with Crippen molar-refractivity contribution < 1.29 is 28.3 Å². The topological polar surface area (TPSA) is 137 Å². The molecule has 4 rings (SSSR count). The van der Waals surface area contributed by atoms with Crippen molar-refractivity contribution in [2.24, 2.45) is 5.73 Å². The summed E-state index contributed by atoms with van der Waals surface area (Å²) in [7, 11) is 0. The fourth-order valence-corrected chi connectivity index (χ4v) is 5.09. The zero-order valence-electron chi connectivity index (χ0n) is 25.0. The average Bonchev–Trinajstić information content (AvgIpc) is 3.41. The van der Waals surface area contributed by atoms with Gasteiger partial charge in [-0.15, -0.1) is 0 Å². The number of nitrogens with zero attached hydrogens (tertiary/aromatic N) is 3. The quantitative estimate of drug-likeness (QED) is 0.226. The second-order valence-corrected chi connectivity index (χ2v) is 11.4. The van der Waals surface area contributed by atoms with Crippen LogP contribution >= 0.6 is 12.2 Å². The molecule has 3 amide bonds. The van der Waals surface area contributed by atoms with Crippen LogP contribution in [0.4, 0.5) is 20.6 Å². The van der Waals surface area contributed by atoms with E-state index >= 15 is 4.39 Å². The number of halogens is 1. The minimum Gasteiger partial charge on any atom is -0.442 e. The van der Waals surface area contributed by atoms with Gasteiger partial charge in [0.05, 0.1) is 35.5 Å². The molecule has 2 atom stereocenters. The van der Waals surface area contributed by atoms with Gasteiger partial charge in [0.2, 0.25) is 11.8 Å². The number of amides is 3. The Bertz CT molecular complexity index is 1380. The van der Waals surface area contributed by atoms with Gasteiger partial charge < -0.3 is 30.9 Å². The summed E-state index contributed by atoms with van der Waals surface area (Å²) in [4.78, 5) is 54.7. The van der Waals surface area contributed by atoms with Crippen molar-refractivity contribution in [3.8, 4) is 0 Å². The number of ketones is 1. The first kappa shape index (κ1) is 32.8. The highest BCUT2D eigenvalue weighted by atomic mass is 32.1. The van der Waals surface area contributed by atoms with Gasteiger partial charge in [0, 0.05) is 51.1 Å². The molecule has 0 radical (unpaired) electrons. The van der Waals surface area contributed by atoms with E-state index in [-0.39, 0.29) is 30.6 Å². The number of nitrogens with one attached hydrogen (secondary N) is 2. The minimum absolute atomic E-state index is 0.0899. The molecule has 0 saturated carbocycles. The van der Waals surface area contributed by atoms with Crippen LogP contribution < -0.4 is 26.2 Å². The summed E-state index contributed by atoms with van der Waals surface area (Å²) in [5.74, 6) is -1.14. The number of benzene rings is 2. The Labute approximate surface area is 261 Å². The number of carbonyl (C=O) groups is 4. The van der Waals surface area contributed by atoms with Crippen LogP contribution in [0.1, 0.15) is 49.0 Å². The molecule has 0 spiro atoms. The number of Topliss-reactive ketones (excluding diaryl/α,β-unsaturated/α-hetero) is 1. The van der Waals surface area contributed by atoms with E-state index in [1.165, 1.54) is 11.0 Å². The third kappa shape index (κ3) is 8.50. The largest absolute Gasteiger partial charge is 0.442 e. The first-order chi connectivity index (χ1) is 21.0. The Balaban J connectivity index is 1.22. The number of rotatable bonds is 13. The van der Waals surface area contributed by atoms with Gasteiger partial charge in [0.1, 0.15) is 11.9 Å². The molecular formula is C31H39FN6O5S. The average molecular weight is 627 g/mol. The summed E-state index contributed by atoms with van der Waals surface area (Å²) in [6, 6.07) is 11.2. The molecule has 13 heteroatoms. The lowest BCUT2D eigenvalue weighted by Crippen LogP contribution is -2.49. The smallest absolute Gasteiger partial charge is 0.414 e. The number of primary amides is 1. The van der Waals surface area contributed by atoms with Crippen molar-refractivity contribution in [2.75, 3.05) is 49.1 Å². The van der Waals surface area contributed by atoms with Gasteiger partial charge in [0.15, 0.2) is 5.78 Å². The van der Waals surface area contributed by atoms with Crippen LogP contribution in [0.3, 0.4) is 0 Å². The van der Waals surface area contributed by atoms with Crippen LogP contribution in [0.5, 0.6) is 0 Å². The summed E-state index contributed by atoms with van der Waals surface area (Å²) in [6.07, 6.45) is -0.0350. The molecule has 2 fully saturated rings. The number of hydrogen-bond donors (Lipinski definition) is 3. The highest BCUT2D eigenvalue weighted by Crippen LogP contribution is 2.28. The molecule has 2 aliphatic heterocycles. The van der Waals surface area contributed by atoms with Crippen LogP contribution in [-0.4, -0.2) is 85.0 Å². The monoisotopic (exact) mass is 626 g/mol. The van der Waals surface area contributed by atoms with Gasteiger partial charge in [-0.2, -0.15) is 0 Å². The molecule has 4 N–H and O–H groups in total. The van der Waals surface area contributed by atoms with Gasteiger partial charge in [-0.3, -0.25) is 19.3 Å². The highest BCUT2D eigenvalue weighted by molar-refractivity contribution is 7.80. The molecule has 44 heavy (non-hydrogen) atoms. The predicted molar refractivity (Wildman–Crippen MR) is 169 cm³/mol. The van der Waals surface area contributed by atoms with E-state index in [0.717, 1.165) is 5.56 Å². The van der Waals surface area contributed by atoms with Crippen molar-refractivity contribution in [3.63, 3.8) is 0 Å². The van der Waals surface area contributed by atoms with Crippen LogP contribution in [0.15, 0.2) is 42.5 Å². The number of ether oxygens (including phenoxy) is 1. The summed E-state index contributed by atoms with van der Waals surface area (Å²) >= 11 is 5.15. The summed E-state index contributed by atoms with van der Waals surface area (Å²) < 4.78 is 20.6. The SMILES string of the molecule is CCC(=S)NC[C@H]1CN(c2ccc(N3CCN(C(=O)CCC(=O)c4ccc(CNC(C)C(N)=O)cc4)CC3)c(F)c2)C(=O)O1. The van der Waals surface area contributed by atoms with E-state index < -0.39 is 23.9 Å². The Kier molecular flexibility index (Phi) is 11.2. The molecule has 2 aromatic carbocycles. The van der Waals surface area contributed by atoms with Crippen molar-refractivity contribution in [3.05, 3.63) is 59.4 Å². The lowest BCUT2D eigenvalue weighted by atomic mass is 10.0. The molecule has 236 valence electrons. The van der Waals surface area contributed by atoms with Gasteiger partial charge in [-0.25, -0.2) is 9.18 Å². The van der Waals surface area contributed by atoms with Gasteiger partial charge in [-0.1, -0.05) is 43.4 Å². The lowest BCUT2D eigenvalue weighted by Gasteiger charge is -2.36. The van der Waals surface area contributed by atoms with Crippen molar-refractivity contribution in [2.45, 2.75) is 51.8 Å². The maximum Gasteiger partial charge on any atom is 0.414 e. The number of nitrogens with two attached hydrogens (primary N) is 1. The van der Waals surface area contributed by atoms with E-state index in [0.29, 0.717) is 74.2 Å². The Morgan fingerprint density at radius 2 is 1.80 bits per heavy atom. The fourth-order valence-electron chi connectivity index (χ4n) is 5.01. The van der Waals surface area contributed by atoms with Crippen molar-refractivity contribution >= 4 is 52.3 Å². The molecule has 2 saturated heterocycles. The first-order valence-corrected chi connectivity index (χ1v) is 15.2. The molecular weight excluding hydrogens is 587 g/mol. The zero-order valence-corrected chi connectivity index (χ0v) is 25.8. The molecule has 0 bridgehead atoms. The fraction of sp³-hybridized carbons (Fsp3) is 0.452. The molecule has 2 aromatic rings.